The molecule has 0 unspecified atom stereocenters. The van der Waals surface area contributed by atoms with Gasteiger partial charge >= 0.3 is 0 Å². The Hall–Kier alpha value is -2.69. The second kappa shape index (κ2) is 5.74. The van der Waals surface area contributed by atoms with Crippen LogP contribution in [0.5, 0.6) is 11.5 Å². The maximum atomic E-state index is 9.85. The zero-order chi connectivity index (χ0) is 17.5. The molecule has 0 bridgehead atoms. The SMILES string of the molecule is COc1cc(-c2nc3ccc(C)cn3c2NC(C)(C)C)ccc1O. The van der Waals surface area contributed by atoms with Gasteiger partial charge in [0.15, 0.2) is 11.5 Å². The molecule has 0 spiro atoms. The lowest BCUT2D eigenvalue weighted by Gasteiger charge is -2.22. The number of hydrogen-bond acceptors (Lipinski definition) is 4. The molecule has 0 aliphatic carbocycles. The van der Waals surface area contributed by atoms with Crippen LogP contribution >= 0.6 is 0 Å². The molecule has 0 aliphatic heterocycles. The van der Waals surface area contributed by atoms with Crippen molar-refractivity contribution in [1.29, 1.82) is 0 Å². The van der Waals surface area contributed by atoms with Crippen LogP contribution in [0.1, 0.15) is 26.3 Å². The van der Waals surface area contributed by atoms with E-state index in [2.05, 4.69) is 43.6 Å². The molecule has 2 aromatic heterocycles. The number of hydrogen-bond donors (Lipinski definition) is 2. The van der Waals surface area contributed by atoms with Crippen molar-refractivity contribution in [2.75, 3.05) is 12.4 Å². The Morgan fingerprint density at radius 1 is 1.17 bits per heavy atom. The highest BCUT2D eigenvalue weighted by molar-refractivity contribution is 5.78. The van der Waals surface area contributed by atoms with E-state index in [0.717, 1.165) is 28.3 Å². The molecule has 24 heavy (non-hydrogen) atoms. The van der Waals surface area contributed by atoms with Crippen molar-refractivity contribution in [3.63, 3.8) is 0 Å². The molecule has 0 saturated heterocycles. The van der Waals surface area contributed by atoms with Crippen LogP contribution in [0.3, 0.4) is 0 Å². The van der Waals surface area contributed by atoms with Gasteiger partial charge in [-0.05, 0) is 57.5 Å². The zero-order valence-electron chi connectivity index (χ0n) is 14.7. The zero-order valence-corrected chi connectivity index (χ0v) is 14.7. The van der Waals surface area contributed by atoms with Crippen LogP contribution in [0.2, 0.25) is 0 Å². The lowest BCUT2D eigenvalue weighted by atomic mass is 10.1. The molecule has 0 atom stereocenters. The highest BCUT2D eigenvalue weighted by Crippen LogP contribution is 2.36. The second-order valence-electron chi connectivity index (χ2n) is 7.01. The van der Waals surface area contributed by atoms with Crippen LogP contribution < -0.4 is 10.1 Å². The van der Waals surface area contributed by atoms with Gasteiger partial charge in [0.05, 0.1) is 7.11 Å². The molecule has 3 rings (SSSR count). The summed E-state index contributed by atoms with van der Waals surface area (Å²) in [5, 5.41) is 13.4. The molecular formula is C19H23N3O2. The summed E-state index contributed by atoms with van der Waals surface area (Å²) in [6, 6.07) is 9.33. The summed E-state index contributed by atoms with van der Waals surface area (Å²) in [6.45, 7) is 8.40. The van der Waals surface area contributed by atoms with Gasteiger partial charge in [0, 0.05) is 17.3 Å². The van der Waals surface area contributed by atoms with Crippen molar-refractivity contribution in [3.8, 4) is 22.8 Å². The lowest BCUT2D eigenvalue weighted by molar-refractivity contribution is 0.373. The number of nitrogens with zero attached hydrogens (tertiary/aromatic N) is 2. The Bertz CT molecular complexity index is 891. The van der Waals surface area contributed by atoms with Crippen molar-refractivity contribution in [3.05, 3.63) is 42.1 Å². The molecular weight excluding hydrogens is 302 g/mol. The van der Waals surface area contributed by atoms with Crippen LogP contribution in [-0.2, 0) is 0 Å². The molecule has 2 N–H and O–H groups in total. The first kappa shape index (κ1) is 16.2. The van der Waals surface area contributed by atoms with Crippen LogP contribution in [-0.4, -0.2) is 27.1 Å². The number of imidazole rings is 1. The van der Waals surface area contributed by atoms with E-state index in [0.29, 0.717) is 5.75 Å². The monoisotopic (exact) mass is 325 g/mol. The van der Waals surface area contributed by atoms with E-state index < -0.39 is 0 Å². The standard InChI is InChI=1S/C19H23N3O2/c1-12-6-9-16-20-17(13-7-8-14(23)15(10-13)24-5)18(22(16)11-12)21-19(2,3)4/h6-11,21,23H,1-5H3. The van der Waals surface area contributed by atoms with E-state index in [1.54, 1.807) is 19.2 Å². The van der Waals surface area contributed by atoms with Gasteiger partial charge in [0.2, 0.25) is 0 Å². The summed E-state index contributed by atoms with van der Waals surface area (Å²) in [6.07, 6.45) is 2.07. The normalized spacial score (nSPS) is 11.7. The minimum atomic E-state index is -0.116. The van der Waals surface area contributed by atoms with E-state index >= 15 is 0 Å². The first-order valence-corrected chi connectivity index (χ1v) is 7.93. The van der Waals surface area contributed by atoms with Crippen molar-refractivity contribution in [2.24, 2.45) is 0 Å². The summed E-state index contributed by atoms with van der Waals surface area (Å²) < 4.78 is 7.30. The number of benzene rings is 1. The number of nitrogens with one attached hydrogen (secondary N) is 1. The van der Waals surface area contributed by atoms with Crippen LogP contribution in [0.4, 0.5) is 5.82 Å². The molecule has 5 nitrogen and oxygen atoms in total. The van der Waals surface area contributed by atoms with E-state index in [9.17, 15) is 5.11 Å². The molecule has 3 aromatic rings. The number of ether oxygens (including phenoxy) is 1. The average molecular weight is 325 g/mol. The average Bonchev–Trinajstić information content (AvgIpc) is 2.84. The molecule has 0 radical (unpaired) electrons. The Morgan fingerprint density at radius 2 is 1.92 bits per heavy atom. The summed E-state index contributed by atoms with van der Waals surface area (Å²) in [7, 11) is 1.54. The number of aromatic nitrogens is 2. The summed E-state index contributed by atoms with van der Waals surface area (Å²) in [5.74, 6) is 1.47. The predicted octanol–water partition coefficient (Wildman–Crippen LogP) is 4.23. The fraction of sp³-hybridized carbons (Fsp3) is 0.316. The predicted molar refractivity (Wildman–Crippen MR) is 97.0 cm³/mol. The number of pyridine rings is 1. The number of rotatable bonds is 3. The van der Waals surface area contributed by atoms with Gasteiger partial charge in [-0.3, -0.25) is 4.40 Å². The molecule has 2 heterocycles. The van der Waals surface area contributed by atoms with Crippen LogP contribution in [0.25, 0.3) is 16.9 Å². The topological polar surface area (TPSA) is 58.8 Å². The number of aromatic hydroxyl groups is 1. The van der Waals surface area contributed by atoms with Gasteiger partial charge in [0.1, 0.15) is 17.2 Å². The van der Waals surface area contributed by atoms with E-state index in [1.165, 1.54) is 0 Å². The molecule has 126 valence electrons. The smallest absolute Gasteiger partial charge is 0.161 e. The first-order chi connectivity index (χ1) is 11.3. The quantitative estimate of drug-likeness (QED) is 0.756. The molecule has 0 fully saturated rings. The fourth-order valence-electron chi connectivity index (χ4n) is 2.65. The Labute approximate surface area is 141 Å². The number of phenols is 1. The molecule has 5 heteroatoms. The maximum Gasteiger partial charge on any atom is 0.161 e. The summed E-state index contributed by atoms with van der Waals surface area (Å²) in [4.78, 5) is 4.78. The van der Waals surface area contributed by atoms with Gasteiger partial charge in [-0.1, -0.05) is 6.07 Å². The lowest BCUT2D eigenvalue weighted by Crippen LogP contribution is -2.27. The van der Waals surface area contributed by atoms with Crippen LogP contribution in [0.15, 0.2) is 36.5 Å². The number of anilines is 1. The molecule has 0 amide bonds. The number of aryl methyl sites for hydroxylation is 1. The third-order valence-electron chi connectivity index (χ3n) is 3.71. The third kappa shape index (κ3) is 3.02. The van der Waals surface area contributed by atoms with Gasteiger partial charge in [-0.15, -0.1) is 0 Å². The minimum absolute atomic E-state index is 0.116. The van der Waals surface area contributed by atoms with Crippen molar-refractivity contribution < 1.29 is 9.84 Å². The highest BCUT2D eigenvalue weighted by atomic mass is 16.5. The highest BCUT2D eigenvalue weighted by Gasteiger charge is 2.20. The summed E-state index contributed by atoms with van der Waals surface area (Å²) >= 11 is 0. The molecule has 0 saturated carbocycles. The number of phenolic OH excluding ortho intramolecular Hbond substituents is 1. The van der Waals surface area contributed by atoms with Gasteiger partial charge in [-0.2, -0.15) is 0 Å². The second-order valence-corrected chi connectivity index (χ2v) is 7.01. The first-order valence-electron chi connectivity index (χ1n) is 7.93. The van der Waals surface area contributed by atoms with E-state index in [1.807, 2.05) is 18.2 Å². The van der Waals surface area contributed by atoms with Gasteiger partial charge in [0.25, 0.3) is 0 Å². The maximum absolute atomic E-state index is 9.85. The van der Waals surface area contributed by atoms with E-state index in [-0.39, 0.29) is 11.3 Å². The summed E-state index contributed by atoms with van der Waals surface area (Å²) in [5.41, 5.74) is 3.63. The number of fused-ring (bicyclic) bond motifs is 1. The van der Waals surface area contributed by atoms with E-state index in [4.69, 9.17) is 9.72 Å². The van der Waals surface area contributed by atoms with Crippen molar-refractivity contribution >= 4 is 11.5 Å². The molecule has 1 aromatic carbocycles. The Morgan fingerprint density at radius 3 is 2.58 bits per heavy atom. The van der Waals surface area contributed by atoms with Gasteiger partial charge < -0.3 is 15.2 Å². The number of methoxy groups -OCH3 is 1. The Kier molecular flexibility index (Phi) is 3.87. The van der Waals surface area contributed by atoms with Crippen molar-refractivity contribution in [2.45, 2.75) is 33.2 Å². The molecule has 0 aliphatic rings. The fourth-order valence-corrected chi connectivity index (χ4v) is 2.65. The largest absolute Gasteiger partial charge is 0.504 e. The van der Waals surface area contributed by atoms with Gasteiger partial charge in [-0.25, -0.2) is 4.98 Å². The van der Waals surface area contributed by atoms with Crippen LogP contribution in [0, 0.1) is 6.92 Å². The van der Waals surface area contributed by atoms with Crippen molar-refractivity contribution in [1.82, 2.24) is 9.38 Å². The third-order valence-corrected chi connectivity index (χ3v) is 3.71. The Balaban J connectivity index is 2.25. The minimum Gasteiger partial charge on any atom is -0.504 e.